The second-order valence-electron chi connectivity index (χ2n) is 7.58. The smallest absolute Gasteiger partial charge is 0.152 e. The van der Waals surface area contributed by atoms with Gasteiger partial charge in [0, 0.05) is 36.0 Å². The molecule has 0 amide bonds. The average molecular weight is 400 g/mol. The van der Waals surface area contributed by atoms with E-state index < -0.39 is 0 Å². The van der Waals surface area contributed by atoms with E-state index in [4.69, 9.17) is 4.99 Å². The number of benzene rings is 2. The summed E-state index contributed by atoms with van der Waals surface area (Å²) in [6, 6.07) is 11.9. The van der Waals surface area contributed by atoms with Crippen molar-refractivity contribution < 1.29 is 4.79 Å². The lowest BCUT2D eigenvalue weighted by molar-refractivity contribution is 0.112. The van der Waals surface area contributed by atoms with Crippen molar-refractivity contribution in [3.63, 3.8) is 0 Å². The van der Waals surface area contributed by atoms with Gasteiger partial charge in [-0.3, -0.25) is 4.79 Å². The number of hydrogen-bond acceptors (Lipinski definition) is 4. The van der Waals surface area contributed by atoms with Gasteiger partial charge in [0.15, 0.2) is 6.29 Å². The monoisotopic (exact) mass is 399 g/mol. The minimum Gasteiger partial charge on any atom is -0.378 e. The van der Waals surface area contributed by atoms with Gasteiger partial charge in [-0.25, -0.2) is 4.99 Å². The Bertz CT molecular complexity index is 1050. The lowest BCUT2D eigenvalue weighted by Gasteiger charge is -2.30. The van der Waals surface area contributed by atoms with Crippen LogP contribution in [0.15, 0.2) is 77.8 Å². The molecule has 0 bridgehead atoms. The number of rotatable bonds is 7. The van der Waals surface area contributed by atoms with Crippen molar-refractivity contribution in [3.8, 4) is 0 Å². The predicted octanol–water partition coefficient (Wildman–Crippen LogP) is 6.14. The van der Waals surface area contributed by atoms with Gasteiger partial charge >= 0.3 is 0 Å². The molecule has 0 radical (unpaired) electrons. The third-order valence-electron chi connectivity index (χ3n) is 5.18. The number of fused-ring (bicyclic) bond motifs is 1. The van der Waals surface area contributed by atoms with E-state index in [0.29, 0.717) is 5.56 Å². The summed E-state index contributed by atoms with van der Waals surface area (Å²) in [5.41, 5.74) is 7.02. The average Bonchev–Trinajstić information content (AvgIpc) is 2.73. The molecule has 0 aliphatic carbocycles. The van der Waals surface area contributed by atoms with Crippen molar-refractivity contribution >= 4 is 23.5 Å². The normalized spacial score (nSPS) is 14.9. The van der Waals surface area contributed by atoms with E-state index in [2.05, 4.69) is 55.9 Å². The maximum absolute atomic E-state index is 11.4. The Morgan fingerprint density at radius 3 is 2.77 bits per heavy atom. The molecule has 4 nitrogen and oxygen atoms in total. The number of amidine groups is 1. The van der Waals surface area contributed by atoms with Gasteiger partial charge < -0.3 is 10.2 Å². The highest BCUT2D eigenvalue weighted by molar-refractivity contribution is 6.03. The van der Waals surface area contributed by atoms with Gasteiger partial charge in [-0.1, -0.05) is 60.7 Å². The molecule has 2 aromatic rings. The number of aryl methyl sites for hydroxylation is 1. The van der Waals surface area contributed by atoms with E-state index in [1.807, 2.05) is 43.3 Å². The number of carbonyl (C=O) groups excluding carboxylic acids is 1. The van der Waals surface area contributed by atoms with Crippen LogP contribution in [-0.4, -0.2) is 24.1 Å². The van der Waals surface area contributed by atoms with Crippen molar-refractivity contribution in [2.75, 3.05) is 12.4 Å². The number of hydrogen-bond donors (Lipinski definition) is 1. The minimum absolute atomic E-state index is 0.0123. The Morgan fingerprint density at radius 1 is 1.30 bits per heavy atom. The summed E-state index contributed by atoms with van der Waals surface area (Å²) >= 11 is 0. The summed E-state index contributed by atoms with van der Waals surface area (Å²) < 4.78 is 0. The van der Waals surface area contributed by atoms with Crippen molar-refractivity contribution in [2.45, 2.75) is 33.4 Å². The number of nitrogens with one attached hydrogen (secondary N) is 1. The molecule has 1 N–H and O–H groups in total. The van der Waals surface area contributed by atoms with Crippen molar-refractivity contribution in [3.05, 3.63) is 95.1 Å². The molecular weight excluding hydrogens is 370 g/mol. The first-order chi connectivity index (χ1) is 14.5. The fraction of sp³-hybridized carbons (Fsp3) is 0.231. The predicted molar refractivity (Wildman–Crippen MR) is 127 cm³/mol. The quantitative estimate of drug-likeness (QED) is 0.449. The minimum atomic E-state index is -0.0123. The number of nitrogens with zero attached hydrogens (tertiary/aromatic N) is 2. The second-order valence-corrected chi connectivity index (χ2v) is 7.58. The third kappa shape index (κ3) is 4.43. The van der Waals surface area contributed by atoms with Crippen molar-refractivity contribution in [1.29, 1.82) is 0 Å². The molecule has 0 spiro atoms. The van der Waals surface area contributed by atoms with Crippen LogP contribution in [0.5, 0.6) is 0 Å². The van der Waals surface area contributed by atoms with Crippen molar-refractivity contribution in [2.24, 2.45) is 4.99 Å². The molecular formula is C26H29N3O. The molecule has 30 heavy (non-hydrogen) atoms. The van der Waals surface area contributed by atoms with Gasteiger partial charge in [-0.15, -0.1) is 0 Å². The number of carbonyl (C=O) groups is 1. The Kier molecular flexibility index (Phi) is 6.68. The topological polar surface area (TPSA) is 44.7 Å². The van der Waals surface area contributed by atoms with Gasteiger partial charge in [0.2, 0.25) is 0 Å². The molecule has 3 rings (SSSR count). The number of aliphatic imine (C=N–C) groups is 1. The summed E-state index contributed by atoms with van der Waals surface area (Å²) in [7, 11) is 2.06. The highest BCUT2D eigenvalue weighted by atomic mass is 16.1. The number of para-hydroxylation sites is 1. The van der Waals surface area contributed by atoms with E-state index in [-0.39, 0.29) is 6.04 Å². The molecule has 1 aliphatic rings. The molecule has 1 aliphatic heterocycles. The highest BCUT2D eigenvalue weighted by Crippen LogP contribution is 2.37. The standard InChI is InChI=1S/C26H29N3O/c1-6-10-20(11-7-2)26-28-25-22(16-29(26)5)14-18(3)15-23(25)19(4)27-24-13-9-8-12-21(24)17-30/h6-15,17,19,27H,1,16H2,2-5H3/b11-7-,20-10+. The van der Waals surface area contributed by atoms with Gasteiger partial charge in [0.1, 0.15) is 5.84 Å². The Balaban J connectivity index is 2.08. The van der Waals surface area contributed by atoms with Crippen molar-refractivity contribution in [1.82, 2.24) is 4.90 Å². The first-order valence-electron chi connectivity index (χ1n) is 10.2. The summed E-state index contributed by atoms with van der Waals surface area (Å²) in [4.78, 5) is 18.7. The van der Waals surface area contributed by atoms with Crippen LogP contribution in [0.1, 0.15) is 46.9 Å². The van der Waals surface area contributed by atoms with Crippen LogP contribution in [0.25, 0.3) is 0 Å². The van der Waals surface area contributed by atoms with E-state index in [0.717, 1.165) is 41.2 Å². The van der Waals surface area contributed by atoms with E-state index in [1.54, 1.807) is 6.08 Å². The Morgan fingerprint density at radius 2 is 2.07 bits per heavy atom. The number of aldehydes is 1. The third-order valence-corrected chi connectivity index (χ3v) is 5.18. The zero-order valence-electron chi connectivity index (χ0n) is 18.1. The van der Waals surface area contributed by atoms with Crippen LogP contribution in [0.2, 0.25) is 0 Å². The van der Waals surface area contributed by atoms with E-state index in [1.165, 1.54) is 11.1 Å². The first-order valence-corrected chi connectivity index (χ1v) is 10.2. The van der Waals surface area contributed by atoms with Gasteiger partial charge in [-0.05, 0) is 38.5 Å². The molecule has 0 aromatic heterocycles. The zero-order chi connectivity index (χ0) is 21.7. The molecule has 1 unspecified atom stereocenters. The van der Waals surface area contributed by atoms with Crippen LogP contribution in [-0.2, 0) is 6.54 Å². The fourth-order valence-electron chi connectivity index (χ4n) is 3.83. The number of allylic oxidation sites excluding steroid dienone is 3. The summed E-state index contributed by atoms with van der Waals surface area (Å²) in [6.45, 7) is 10.8. The molecule has 1 heterocycles. The largest absolute Gasteiger partial charge is 0.378 e. The van der Waals surface area contributed by atoms with Crippen LogP contribution in [0.3, 0.4) is 0 Å². The lowest BCUT2D eigenvalue weighted by atomic mass is 9.96. The molecule has 0 fully saturated rings. The Hall–Kier alpha value is -3.40. The van der Waals surface area contributed by atoms with Crippen LogP contribution >= 0.6 is 0 Å². The maximum atomic E-state index is 11.4. The summed E-state index contributed by atoms with van der Waals surface area (Å²) in [5, 5.41) is 3.50. The molecule has 1 atom stereocenters. The molecule has 4 heteroatoms. The zero-order valence-corrected chi connectivity index (χ0v) is 18.1. The van der Waals surface area contributed by atoms with Crippen LogP contribution < -0.4 is 5.32 Å². The highest BCUT2D eigenvalue weighted by Gasteiger charge is 2.23. The van der Waals surface area contributed by atoms with Gasteiger partial charge in [-0.2, -0.15) is 0 Å². The van der Waals surface area contributed by atoms with Gasteiger partial charge in [0.25, 0.3) is 0 Å². The van der Waals surface area contributed by atoms with E-state index in [9.17, 15) is 4.79 Å². The molecule has 0 saturated carbocycles. The molecule has 154 valence electrons. The molecule has 0 saturated heterocycles. The second kappa shape index (κ2) is 9.40. The fourth-order valence-corrected chi connectivity index (χ4v) is 3.83. The first kappa shape index (κ1) is 21.3. The Labute approximate surface area is 179 Å². The summed E-state index contributed by atoms with van der Waals surface area (Å²) in [5.74, 6) is 0.922. The summed E-state index contributed by atoms with van der Waals surface area (Å²) in [6.07, 6.45) is 8.72. The molecule has 2 aromatic carbocycles. The number of anilines is 1. The van der Waals surface area contributed by atoms with E-state index >= 15 is 0 Å². The number of likely N-dealkylation sites (N-methyl/N-ethyl adjacent to an activating group) is 1. The maximum Gasteiger partial charge on any atom is 0.152 e. The van der Waals surface area contributed by atoms with Gasteiger partial charge in [0.05, 0.1) is 11.7 Å². The SMILES string of the molecule is C=C/C=C(\C=C/C)C1=Nc2c(cc(C)cc2C(C)Nc2ccccc2C=O)CN1C. The van der Waals surface area contributed by atoms with Crippen LogP contribution in [0, 0.1) is 6.92 Å². The lowest BCUT2D eigenvalue weighted by Crippen LogP contribution is -2.30. The van der Waals surface area contributed by atoms with Crippen LogP contribution in [0.4, 0.5) is 11.4 Å².